The fourth-order valence-electron chi connectivity index (χ4n) is 3.73. The van der Waals surface area contributed by atoms with Crippen molar-refractivity contribution in [2.45, 2.75) is 25.7 Å². The van der Waals surface area contributed by atoms with Gasteiger partial charge < -0.3 is 15.2 Å². The zero-order valence-electron chi connectivity index (χ0n) is 21.6. The van der Waals surface area contributed by atoms with Gasteiger partial charge in [-0.15, -0.1) is 22.7 Å². The molecule has 0 atom stereocenters. The molecule has 17 heteroatoms. The average Bonchev–Trinajstić information content (AvgIpc) is 3.58. The van der Waals surface area contributed by atoms with Crippen molar-refractivity contribution in [2.75, 3.05) is 18.5 Å². The number of carboxylic acid groups (broad SMARTS) is 1. The first-order valence-electron chi connectivity index (χ1n) is 11.9. The monoisotopic (exact) mass is 680 g/mol. The number of hydrogen-bond donors (Lipinski definition) is 2. The molecule has 0 bridgehead atoms. The van der Waals surface area contributed by atoms with Gasteiger partial charge in [0.05, 0.1) is 21.7 Å². The number of hydrogen-bond acceptors (Lipinski definition) is 8. The number of thiophene rings is 2. The van der Waals surface area contributed by atoms with E-state index in [-0.39, 0.29) is 39.4 Å². The molecule has 2 amide bonds. The molecule has 7 nitrogen and oxygen atoms in total. The van der Waals surface area contributed by atoms with Crippen molar-refractivity contribution in [1.29, 1.82) is 0 Å². The summed E-state index contributed by atoms with van der Waals surface area (Å²) in [6, 6.07) is 4.18. The molecule has 1 saturated heterocycles. The Labute approximate surface area is 257 Å². The summed E-state index contributed by atoms with van der Waals surface area (Å²) in [4.78, 5) is 38.6. The van der Waals surface area contributed by atoms with Gasteiger partial charge in [0, 0.05) is 28.8 Å². The molecule has 228 valence electrons. The summed E-state index contributed by atoms with van der Waals surface area (Å²) in [5.74, 6) is -2.10. The average molecular weight is 681 g/mol. The molecular weight excluding hydrogens is 663 g/mol. The van der Waals surface area contributed by atoms with E-state index in [1.807, 2.05) is 0 Å². The van der Waals surface area contributed by atoms with Crippen LogP contribution < -0.4 is 10.1 Å². The minimum atomic E-state index is -4.98. The summed E-state index contributed by atoms with van der Waals surface area (Å²) in [6.45, 7) is 1.12. The van der Waals surface area contributed by atoms with Crippen LogP contribution in [0.25, 0.3) is 17.2 Å². The van der Waals surface area contributed by atoms with Crippen molar-refractivity contribution in [3.8, 4) is 16.2 Å². The fourth-order valence-corrected chi connectivity index (χ4v) is 6.77. The Morgan fingerprint density at radius 1 is 1.05 bits per heavy atom. The smallest absolute Gasteiger partial charge is 0.416 e. The van der Waals surface area contributed by atoms with Crippen molar-refractivity contribution in [1.82, 2.24) is 4.90 Å². The number of aryl methyl sites for hydroxylation is 1. The maximum absolute atomic E-state index is 13.3. The van der Waals surface area contributed by atoms with E-state index in [0.29, 0.717) is 32.6 Å². The number of alkyl halides is 6. The maximum atomic E-state index is 13.3. The molecule has 0 unspecified atom stereocenters. The van der Waals surface area contributed by atoms with Gasteiger partial charge in [0.1, 0.15) is 4.32 Å². The number of ether oxygens (including phenoxy) is 1. The summed E-state index contributed by atoms with van der Waals surface area (Å²) in [7, 11) is 0. The van der Waals surface area contributed by atoms with Gasteiger partial charge in [-0.25, -0.2) is 4.79 Å². The molecule has 2 N–H and O–H groups in total. The predicted octanol–water partition coefficient (Wildman–Crippen LogP) is 7.52. The summed E-state index contributed by atoms with van der Waals surface area (Å²) in [5, 5.41) is 13.1. The number of aliphatic carboxylic acids is 1. The van der Waals surface area contributed by atoms with E-state index in [1.165, 1.54) is 28.5 Å². The second-order valence-electron chi connectivity index (χ2n) is 8.88. The third kappa shape index (κ3) is 8.16. The number of carboxylic acids is 1. The lowest BCUT2D eigenvalue weighted by molar-refractivity contribution is -0.143. The normalized spacial score (nSPS) is 15.0. The largest absolute Gasteiger partial charge is 0.479 e. The number of carbonyl (C=O) groups excluding carboxylic acids is 2. The van der Waals surface area contributed by atoms with Crippen LogP contribution in [0, 0.1) is 6.92 Å². The van der Waals surface area contributed by atoms with Crippen molar-refractivity contribution < 1.29 is 50.6 Å². The van der Waals surface area contributed by atoms with Crippen LogP contribution in [-0.4, -0.2) is 45.3 Å². The molecule has 0 aliphatic carbocycles. The first-order valence-corrected chi connectivity index (χ1v) is 14.8. The highest BCUT2D eigenvalue weighted by Gasteiger charge is 2.37. The summed E-state index contributed by atoms with van der Waals surface area (Å²) < 4.78 is 84.8. The summed E-state index contributed by atoms with van der Waals surface area (Å²) in [6.07, 6.45) is -8.66. The molecule has 4 rings (SSSR count). The third-order valence-corrected chi connectivity index (χ3v) is 8.98. The minimum Gasteiger partial charge on any atom is -0.479 e. The highest BCUT2D eigenvalue weighted by Crippen LogP contribution is 2.40. The van der Waals surface area contributed by atoms with Crippen LogP contribution in [0.15, 0.2) is 40.6 Å². The van der Waals surface area contributed by atoms with Crippen molar-refractivity contribution in [2.24, 2.45) is 0 Å². The number of carbonyl (C=O) groups is 3. The molecule has 3 aromatic rings. The molecule has 1 aliphatic heterocycles. The van der Waals surface area contributed by atoms with Crippen molar-refractivity contribution in [3.05, 3.63) is 61.5 Å². The van der Waals surface area contributed by atoms with Gasteiger partial charge in [0.25, 0.3) is 5.91 Å². The van der Waals surface area contributed by atoms with Crippen LogP contribution in [0.5, 0.6) is 5.06 Å². The van der Waals surface area contributed by atoms with Crippen molar-refractivity contribution >= 4 is 80.5 Å². The topological polar surface area (TPSA) is 95.9 Å². The molecule has 1 fully saturated rings. The SMILES string of the molecule is Cc1sc(OCC(=O)O)cc1NC(=O)CCN1C(=O)/C(=C/c2cc(-c3cc(C(F)(F)F)cc(C(F)(F)F)c3)cs2)SC1=S. The van der Waals surface area contributed by atoms with Crippen LogP contribution in [0.3, 0.4) is 0 Å². The molecule has 0 radical (unpaired) electrons. The van der Waals surface area contributed by atoms with Gasteiger partial charge >= 0.3 is 18.3 Å². The molecular formula is C26H18F6N2O5S4. The zero-order valence-corrected chi connectivity index (χ0v) is 24.9. The summed E-state index contributed by atoms with van der Waals surface area (Å²) in [5.41, 5.74) is -2.61. The second-order valence-corrected chi connectivity index (χ2v) is 12.7. The molecule has 2 aromatic heterocycles. The number of thiocarbonyl (C=S) groups is 1. The first-order chi connectivity index (χ1) is 20.0. The third-order valence-electron chi connectivity index (χ3n) is 5.76. The van der Waals surface area contributed by atoms with E-state index >= 15 is 0 Å². The molecule has 0 spiro atoms. The number of nitrogens with zero attached hydrogens (tertiary/aromatic N) is 1. The highest BCUT2D eigenvalue weighted by atomic mass is 32.2. The van der Waals surface area contributed by atoms with Crippen LogP contribution in [0.1, 0.15) is 27.3 Å². The van der Waals surface area contributed by atoms with E-state index in [2.05, 4.69) is 5.32 Å². The van der Waals surface area contributed by atoms with Crippen LogP contribution in [0.2, 0.25) is 0 Å². The van der Waals surface area contributed by atoms with Crippen LogP contribution in [-0.2, 0) is 26.7 Å². The minimum absolute atomic E-state index is 0.0536. The molecule has 0 saturated carbocycles. The van der Waals surface area contributed by atoms with E-state index in [1.54, 1.807) is 6.92 Å². The quantitative estimate of drug-likeness (QED) is 0.137. The van der Waals surface area contributed by atoms with Crippen LogP contribution >= 0.6 is 46.7 Å². The number of benzene rings is 1. The maximum Gasteiger partial charge on any atom is 0.416 e. The highest BCUT2D eigenvalue weighted by molar-refractivity contribution is 8.26. The van der Waals surface area contributed by atoms with Gasteiger partial charge in [-0.3, -0.25) is 14.5 Å². The Hall–Kier alpha value is -3.41. The first kappa shape index (κ1) is 32.5. The number of amides is 2. The molecule has 1 aromatic carbocycles. The van der Waals surface area contributed by atoms with Gasteiger partial charge in [0.2, 0.25) is 5.91 Å². The molecule has 1 aliphatic rings. The predicted molar refractivity (Wildman–Crippen MR) is 155 cm³/mol. The van der Waals surface area contributed by atoms with Crippen molar-refractivity contribution in [3.63, 3.8) is 0 Å². The Morgan fingerprint density at radius 3 is 2.30 bits per heavy atom. The fraction of sp³-hybridized carbons (Fsp3) is 0.231. The Bertz CT molecular complexity index is 1590. The molecule has 3 heterocycles. The number of rotatable bonds is 9. The van der Waals surface area contributed by atoms with E-state index in [4.69, 9.17) is 22.1 Å². The lowest BCUT2D eigenvalue weighted by Gasteiger charge is -2.14. The number of thioether (sulfide) groups is 1. The zero-order chi connectivity index (χ0) is 31.7. The van der Waals surface area contributed by atoms with Gasteiger partial charge in [-0.1, -0.05) is 24.0 Å². The van der Waals surface area contributed by atoms with E-state index < -0.39 is 47.9 Å². The lowest BCUT2D eigenvalue weighted by atomic mass is 10.0. The standard InChI is InChI=1S/C26H18F6N2O5S4/c1-12-18(9-22(42-12)39-10-21(36)37)33-20(35)2-3-34-23(38)19(43-24(34)40)8-17-6-14(11-41-17)13-4-15(25(27,28)29)7-16(5-13)26(30,31)32/h4-9,11H,2-3,10H2,1H3,(H,33,35)(H,36,37)/b19-8-. The number of nitrogens with one attached hydrogen (secondary N) is 1. The van der Waals surface area contributed by atoms with Gasteiger partial charge in [0.15, 0.2) is 11.7 Å². The Kier molecular flexibility index (Phi) is 9.58. The lowest BCUT2D eigenvalue weighted by Crippen LogP contribution is -2.31. The number of anilines is 1. The van der Waals surface area contributed by atoms with E-state index in [9.17, 15) is 40.7 Å². The van der Waals surface area contributed by atoms with Crippen LogP contribution in [0.4, 0.5) is 32.0 Å². The van der Waals surface area contributed by atoms with E-state index in [0.717, 1.165) is 34.4 Å². The Morgan fingerprint density at radius 2 is 1.70 bits per heavy atom. The number of halogens is 6. The molecule has 43 heavy (non-hydrogen) atoms. The Balaban J connectivity index is 1.43. The second kappa shape index (κ2) is 12.7. The van der Waals surface area contributed by atoms with Gasteiger partial charge in [-0.2, -0.15) is 26.3 Å². The summed E-state index contributed by atoms with van der Waals surface area (Å²) >= 11 is 8.39. The van der Waals surface area contributed by atoms with Gasteiger partial charge in [-0.05, 0) is 53.8 Å².